The molecule has 1 N–H and O–H groups in total. The fourth-order valence-electron chi connectivity index (χ4n) is 2.41. The van der Waals surface area contributed by atoms with Gasteiger partial charge in [-0.1, -0.05) is 41.9 Å². The smallest absolute Gasteiger partial charge is 0.0847 e. The van der Waals surface area contributed by atoms with Gasteiger partial charge >= 0.3 is 0 Å². The fourth-order valence-corrected chi connectivity index (χ4v) is 2.64. The zero-order chi connectivity index (χ0) is 14.5. The number of hydrogen-bond donors (Lipinski definition) is 1. The lowest BCUT2D eigenvalue weighted by atomic mass is 10.0. The number of rotatable bonds is 6. The van der Waals surface area contributed by atoms with Crippen LogP contribution in [0.2, 0.25) is 5.02 Å². The number of aromatic nitrogens is 2. The Balaban J connectivity index is 1.93. The Hall–Kier alpha value is -1.32. The SMILES string of the molecule is CCn1nc(C)c(Cl)c1CCCC(O)c1ccccc1. The number of halogens is 1. The van der Waals surface area contributed by atoms with Crippen LogP contribution in [0.3, 0.4) is 0 Å². The third-order valence-corrected chi connectivity index (χ3v) is 4.02. The molecule has 3 nitrogen and oxygen atoms in total. The van der Waals surface area contributed by atoms with Gasteiger partial charge in [-0.3, -0.25) is 4.68 Å². The van der Waals surface area contributed by atoms with Gasteiger partial charge in [0.2, 0.25) is 0 Å². The molecule has 1 aromatic carbocycles. The van der Waals surface area contributed by atoms with Gasteiger partial charge in [-0.25, -0.2) is 0 Å². The van der Waals surface area contributed by atoms with E-state index in [9.17, 15) is 5.11 Å². The highest BCUT2D eigenvalue weighted by Crippen LogP contribution is 2.24. The zero-order valence-corrected chi connectivity index (χ0v) is 12.8. The number of nitrogens with zero attached hydrogens (tertiary/aromatic N) is 2. The Morgan fingerprint density at radius 1 is 1.30 bits per heavy atom. The Bertz CT molecular complexity index is 551. The molecule has 0 amide bonds. The molecule has 0 radical (unpaired) electrons. The quantitative estimate of drug-likeness (QED) is 0.876. The second kappa shape index (κ2) is 6.91. The van der Waals surface area contributed by atoms with Crippen molar-refractivity contribution in [2.75, 3.05) is 0 Å². The summed E-state index contributed by atoms with van der Waals surface area (Å²) in [4.78, 5) is 0. The number of aryl methyl sites for hydroxylation is 2. The van der Waals surface area contributed by atoms with Crippen LogP contribution in [0.4, 0.5) is 0 Å². The molecule has 0 fully saturated rings. The summed E-state index contributed by atoms with van der Waals surface area (Å²) in [5.74, 6) is 0. The van der Waals surface area contributed by atoms with E-state index in [-0.39, 0.29) is 0 Å². The topological polar surface area (TPSA) is 38.0 Å². The van der Waals surface area contributed by atoms with Crippen molar-refractivity contribution in [1.29, 1.82) is 0 Å². The maximum atomic E-state index is 10.1. The van der Waals surface area contributed by atoms with E-state index in [1.54, 1.807) is 0 Å². The maximum Gasteiger partial charge on any atom is 0.0847 e. The summed E-state index contributed by atoms with van der Waals surface area (Å²) < 4.78 is 1.95. The summed E-state index contributed by atoms with van der Waals surface area (Å²) >= 11 is 6.28. The van der Waals surface area contributed by atoms with Crippen molar-refractivity contribution in [2.45, 2.75) is 45.8 Å². The summed E-state index contributed by atoms with van der Waals surface area (Å²) in [5, 5.41) is 15.3. The van der Waals surface area contributed by atoms with Crippen LogP contribution in [0.25, 0.3) is 0 Å². The average Bonchev–Trinajstić information content (AvgIpc) is 2.75. The molecule has 4 heteroatoms. The first-order valence-corrected chi connectivity index (χ1v) is 7.46. The average molecular weight is 293 g/mol. The summed E-state index contributed by atoms with van der Waals surface area (Å²) in [6.07, 6.45) is 2.06. The Morgan fingerprint density at radius 3 is 2.65 bits per heavy atom. The highest BCUT2D eigenvalue weighted by molar-refractivity contribution is 6.31. The van der Waals surface area contributed by atoms with Crippen LogP contribution in [0.5, 0.6) is 0 Å². The van der Waals surface area contributed by atoms with Crippen molar-refractivity contribution in [2.24, 2.45) is 0 Å². The minimum atomic E-state index is -0.408. The van der Waals surface area contributed by atoms with Gasteiger partial charge in [0, 0.05) is 6.54 Å². The molecule has 1 heterocycles. The molecule has 20 heavy (non-hydrogen) atoms. The summed E-state index contributed by atoms with van der Waals surface area (Å²) in [7, 11) is 0. The van der Waals surface area contributed by atoms with Gasteiger partial charge < -0.3 is 5.11 Å². The molecule has 0 aliphatic rings. The molecule has 0 spiro atoms. The molecule has 0 saturated heterocycles. The lowest BCUT2D eigenvalue weighted by Gasteiger charge is -2.11. The van der Waals surface area contributed by atoms with Crippen LogP contribution in [0.15, 0.2) is 30.3 Å². The van der Waals surface area contributed by atoms with Crippen molar-refractivity contribution < 1.29 is 5.11 Å². The Kier molecular flexibility index (Phi) is 5.21. The van der Waals surface area contributed by atoms with Gasteiger partial charge in [0.25, 0.3) is 0 Å². The van der Waals surface area contributed by atoms with Crippen molar-refractivity contribution in [3.05, 3.63) is 52.3 Å². The van der Waals surface area contributed by atoms with Crippen molar-refractivity contribution >= 4 is 11.6 Å². The number of benzene rings is 1. The monoisotopic (exact) mass is 292 g/mol. The number of hydrogen-bond acceptors (Lipinski definition) is 2. The van der Waals surface area contributed by atoms with E-state index in [1.165, 1.54) is 0 Å². The zero-order valence-electron chi connectivity index (χ0n) is 12.0. The predicted molar refractivity (Wildman–Crippen MR) is 82.0 cm³/mol. The van der Waals surface area contributed by atoms with Gasteiger partial charge in [0.15, 0.2) is 0 Å². The highest BCUT2D eigenvalue weighted by Gasteiger charge is 2.13. The molecule has 0 aliphatic carbocycles. The van der Waals surface area contributed by atoms with Crippen LogP contribution in [-0.2, 0) is 13.0 Å². The summed E-state index contributed by atoms with van der Waals surface area (Å²) in [5.41, 5.74) is 2.93. The third kappa shape index (κ3) is 3.41. The number of aliphatic hydroxyl groups is 1. The van der Waals surface area contributed by atoms with Gasteiger partial charge in [0.1, 0.15) is 0 Å². The Morgan fingerprint density at radius 2 is 2.00 bits per heavy atom. The molecule has 0 aliphatic heterocycles. The first kappa shape index (κ1) is 15.1. The number of aliphatic hydroxyl groups excluding tert-OH is 1. The van der Waals surface area contributed by atoms with Gasteiger partial charge in [0.05, 0.1) is 22.5 Å². The van der Waals surface area contributed by atoms with E-state index in [4.69, 9.17) is 11.6 Å². The van der Waals surface area contributed by atoms with Crippen molar-refractivity contribution in [3.8, 4) is 0 Å². The van der Waals surface area contributed by atoms with Crippen LogP contribution in [0.1, 0.15) is 42.8 Å². The van der Waals surface area contributed by atoms with E-state index in [2.05, 4.69) is 12.0 Å². The van der Waals surface area contributed by atoms with E-state index in [1.807, 2.05) is 41.9 Å². The first-order valence-electron chi connectivity index (χ1n) is 7.08. The summed E-state index contributed by atoms with van der Waals surface area (Å²) in [6.45, 7) is 4.81. The normalized spacial score (nSPS) is 12.6. The predicted octanol–water partition coefficient (Wildman–Crippen LogP) is 3.92. The van der Waals surface area contributed by atoms with Gasteiger partial charge in [-0.05, 0) is 38.7 Å². The third-order valence-electron chi connectivity index (χ3n) is 3.53. The molecule has 1 aromatic heterocycles. The highest BCUT2D eigenvalue weighted by atomic mass is 35.5. The maximum absolute atomic E-state index is 10.1. The van der Waals surface area contributed by atoms with E-state index >= 15 is 0 Å². The molecule has 1 unspecified atom stereocenters. The van der Waals surface area contributed by atoms with E-state index in [0.717, 1.165) is 47.8 Å². The van der Waals surface area contributed by atoms with E-state index < -0.39 is 6.10 Å². The van der Waals surface area contributed by atoms with E-state index in [0.29, 0.717) is 0 Å². The molecular formula is C16H21ClN2O. The van der Waals surface area contributed by atoms with Gasteiger partial charge in [-0.15, -0.1) is 0 Å². The lowest BCUT2D eigenvalue weighted by Crippen LogP contribution is -2.04. The van der Waals surface area contributed by atoms with Crippen LogP contribution in [0, 0.1) is 6.92 Å². The largest absolute Gasteiger partial charge is 0.388 e. The van der Waals surface area contributed by atoms with Crippen LogP contribution in [-0.4, -0.2) is 14.9 Å². The second-order valence-electron chi connectivity index (χ2n) is 4.98. The molecule has 1 atom stereocenters. The molecule has 2 aromatic rings. The standard InChI is InChI=1S/C16H21ClN2O/c1-3-19-14(16(17)12(2)18-19)10-7-11-15(20)13-8-5-4-6-9-13/h4-6,8-9,15,20H,3,7,10-11H2,1-2H3. The Labute approximate surface area is 125 Å². The second-order valence-corrected chi connectivity index (χ2v) is 5.36. The minimum Gasteiger partial charge on any atom is -0.388 e. The molecule has 108 valence electrons. The van der Waals surface area contributed by atoms with Gasteiger partial charge in [-0.2, -0.15) is 5.10 Å². The van der Waals surface area contributed by atoms with Crippen LogP contribution >= 0.6 is 11.6 Å². The fraction of sp³-hybridized carbons (Fsp3) is 0.438. The first-order chi connectivity index (χ1) is 9.63. The molecular weight excluding hydrogens is 272 g/mol. The molecule has 0 saturated carbocycles. The van der Waals surface area contributed by atoms with Crippen LogP contribution < -0.4 is 0 Å². The minimum absolute atomic E-state index is 0.408. The summed E-state index contributed by atoms with van der Waals surface area (Å²) in [6, 6.07) is 9.77. The van der Waals surface area contributed by atoms with Crippen molar-refractivity contribution in [1.82, 2.24) is 9.78 Å². The molecule has 0 bridgehead atoms. The van der Waals surface area contributed by atoms with Crippen molar-refractivity contribution in [3.63, 3.8) is 0 Å². The molecule has 2 rings (SSSR count). The lowest BCUT2D eigenvalue weighted by molar-refractivity contribution is 0.164.